The molecule has 0 spiro atoms. The van der Waals surface area contributed by atoms with Crippen LogP contribution in [0.15, 0.2) is 46.3 Å². The number of carbonyl (C=O) groups is 1. The maximum Gasteiger partial charge on any atom is 0.266 e. The largest absolute Gasteiger partial charge is 0.495 e. The van der Waals surface area contributed by atoms with Crippen molar-refractivity contribution in [3.63, 3.8) is 0 Å². The first-order chi connectivity index (χ1) is 13.9. The predicted octanol–water partition coefficient (Wildman–Crippen LogP) is 3.20. The molecule has 1 aromatic heterocycles. The Balaban J connectivity index is 2.19. The number of nitrogens with zero attached hydrogens (tertiary/aromatic N) is 2. The number of carbonyl (C=O) groups excluding carboxylic acids is 1. The van der Waals surface area contributed by atoms with Crippen LogP contribution < -0.4 is 15.6 Å². The van der Waals surface area contributed by atoms with Gasteiger partial charge in [-0.15, -0.1) is 6.42 Å². The Kier molecular flexibility index (Phi) is 6.47. The molecule has 0 saturated heterocycles. The van der Waals surface area contributed by atoms with Crippen LogP contribution in [-0.2, 0) is 4.79 Å². The number of amides is 1. The van der Waals surface area contributed by atoms with E-state index in [1.165, 1.54) is 11.7 Å². The first-order valence-corrected chi connectivity index (χ1v) is 10.0. The lowest BCUT2D eigenvalue weighted by atomic mass is 10.2. The third kappa shape index (κ3) is 4.56. The van der Waals surface area contributed by atoms with Gasteiger partial charge in [0.1, 0.15) is 5.75 Å². The number of halogens is 1. The minimum atomic E-state index is -0.276. The fourth-order valence-corrected chi connectivity index (χ4v) is 3.76. The number of fused-ring (bicyclic) bond motifs is 1. The average molecular weight is 428 g/mol. The lowest BCUT2D eigenvalue weighted by Gasteiger charge is -2.16. The number of thioether (sulfide) groups is 1. The Hall–Kier alpha value is -2.95. The van der Waals surface area contributed by atoms with Gasteiger partial charge < -0.3 is 10.1 Å². The quantitative estimate of drug-likeness (QED) is 0.371. The molecule has 0 saturated carbocycles. The number of nitrogens with one attached hydrogen (secondary N) is 1. The molecule has 148 valence electrons. The van der Waals surface area contributed by atoms with Crippen molar-refractivity contribution in [2.24, 2.45) is 0 Å². The minimum Gasteiger partial charge on any atom is -0.495 e. The van der Waals surface area contributed by atoms with Gasteiger partial charge in [-0.05, 0) is 42.8 Å². The molecule has 0 aliphatic rings. The highest BCUT2D eigenvalue weighted by Gasteiger charge is 2.18. The molecule has 0 aliphatic heterocycles. The van der Waals surface area contributed by atoms with Gasteiger partial charge >= 0.3 is 0 Å². The van der Waals surface area contributed by atoms with E-state index in [1.807, 2.05) is 19.1 Å². The van der Waals surface area contributed by atoms with Gasteiger partial charge in [-0.25, -0.2) is 4.98 Å². The molecule has 1 amide bonds. The highest BCUT2D eigenvalue weighted by atomic mass is 35.5. The molecule has 1 N–H and O–H groups in total. The zero-order valence-electron chi connectivity index (χ0n) is 15.9. The molecule has 0 aliphatic carbocycles. The molecule has 2 aromatic carbocycles. The van der Waals surface area contributed by atoms with E-state index in [2.05, 4.69) is 16.2 Å². The number of benzene rings is 2. The zero-order valence-corrected chi connectivity index (χ0v) is 17.4. The molecular formula is C21H18ClN3O3S. The number of hydrogen-bond acceptors (Lipinski definition) is 5. The monoisotopic (exact) mass is 427 g/mol. The van der Waals surface area contributed by atoms with E-state index in [0.29, 0.717) is 32.5 Å². The smallest absolute Gasteiger partial charge is 0.266 e. The molecule has 0 unspecified atom stereocenters. The van der Waals surface area contributed by atoms with E-state index in [0.717, 1.165) is 17.3 Å². The molecule has 0 fully saturated rings. The Labute approximate surface area is 177 Å². The van der Waals surface area contributed by atoms with Crippen molar-refractivity contribution < 1.29 is 9.53 Å². The number of rotatable bonds is 6. The highest BCUT2D eigenvalue weighted by Crippen LogP contribution is 2.28. The molecular weight excluding hydrogens is 410 g/mol. The van der Waals surface area contributed by atoms with Crippen molar-refractivity contribution in [2.75, 3.05) is 19.4 Å². The van der Waals surface area contributed by atoms with Crippen molar-refractivity contribution in [1.82, 2.24) is 14.9 Å². The number of methoxy groups -OCH3 is 1. The third-order valence-electron chi connectivity index (χ3n) is 4.10. The van der Waals surface area contributed by atoms with Gasteiger partial charge in [0.15, 0.2) is 5.16 Å². The SMILES string of the molecule is C#CCNC(=O)CSc1nc2cc(Cl)ccc2c(=O)n1-c1cc(C)ccc1OC. The molecule has 8 heteroatoms. The van der Waals surface area contributed by atoms with Crippen molar-refractivity contribution >= 4 is 40.2 Å². The fraction of sp³-hybridized carbons (Fsp3) is 0.190. The van der Waals surface area contributed by atoms with Gasteiger partial charge in [0.25, 0.3) is 5.56 Å². The Morgan fingerprint density at radius 3 is 2.86 bits per heavy atom. The summed E-state index contributed by atoms with van der Waals surface area (Å²) >= 11 is 7.21. The van der Waals surface area contributed by atoms with E-state index >= 15 is 0 Å². The van der Waals surface area contributed by atoms with Crippen molar-refractivity contribution in [2.45, 2.75) is 12.1 Å². The molecule has 0 radical (unpaired) electrons. The van der Waals surface area contributed by atoms with Gasteiger partial charge in [-0.1, -0.05) is 35.3 Å². The van der Waals surface area contributed by atoms with E-state index in [1.54, 1.807) is 24.3 Å². The lowest BCUT2D eigenvalue weighted by Crippen LogP contribution is -2.27. The summed E-state index contributed by atoms with van der Waals surface area (Å²) in [6.45, 7) is 2.06. The second-order valence-electron chi connectivity index (χ2n) is 6.14. The molecule has 0 atom stereocenters. The van der Waals surface area contributed by atoms with Gasteiger partial charge in [0.05, 0.1) is 36.0 Å². The summed E-state index contributed by atoms with van der Waals surface area (Å²) < 4.78 is 6.91. The van der Waals surface area contributed by atoms with Gasteiger partial charge in [-0.3, -0.25) is 14.2 Å². The van der Waals surface area contributed by atoms with Crippen molar-refractivity contribution in [3.8, 4) is 23.8 Å². The summed E-state index contributed by atoms with van der Waals surface area (Å²) in [6.07, 6.45) is 5.17. The van der Waals surface area contributed by atoms with Crippen LogP contribution in [0, 0.1) is 19.3 Å². The highest BCUT2D eigenvalue weighted by molar-refractivity contribution is 7.99. The Bertz CT molecular complexity index is 1180. The molecule has 3 rings (SSSR count). The van der Waals surface area contributed by atoms with E-state index in [-0.39, 0.29) is 23.8 Å². The Morgan fingerprint density at radius 2 is 2.14 bits per heavy atom. The lowest BCUT2D eigenvalue weighted by molar-refractivity contribution is -0.118. The van der Waals surface area contributed by atoms with Crippen LogP contribution in [0.25, 0.3) is 16.6 Å². The minimum absolute atomic E-state index is 0.0499. The van der Waals surface area contributed by atoms with Crippen LogP contribution in [0.1, 0.15) is 5.56 Å². The van der Waals surface area contributed by atoms with Crippen LogP contribution in [0.4, 0.5) is 0 Å². The normalized spacial score (nSPS) is 10.6. The Morgan fingerprint density at radius 1 is 1.34 bits per heavy atom. The summed E-state index contributed by atoms with van der Waals surface area (Å²) in [5.41, 5.74) is 1.68. The maximum absolute atomic E-state index is 13.3. The summed E-state index contributed by atoms with van der Waals surface area (Å²) in [5, 5.41) is 3.84. The number of hydrogen-bond donors (Lipinski definition) is 1. The number of ether oxygens (including phenoxy) is 1. The molecule has 1 heterocycles. The first kappa shape index (κ1) is 20.8. The molecule has 29 heavy (non-hydrogen) atoms. The summed E-state index contributed by atoms with van der Waals surface area (Å²) in [4.78, 5) is 30.0. The van der Waals surface area contributed by atoms with Crippen LogP contribution in [-0.4, -0.2) is 34.9 Å². The maximum atomic E-state index is 13.3. The number of terminal acetylenes is 1. The van der Waals surface area contributed by atoms with Gasteiger partial charge in [0, 0.05) is 5.02 Å². The zero-order chi connectivity index (χ0) is 21.0. The van der Waals surface area contributed by atoms with Gasteiger partial charge in [-0.2, -0.15) is 0 Å². The van der Waals surface area contributed by atoms with E-state index in [9.17, 15) is 9.59 Å². The van der Waals surface area contributed by atoms with Crippen molar-refractivity contribution in [1.29, 1.82) is 0 Å². The van der Waals surface area contributed by atoms with Crippen molar-refractivity contribution in [3.05, 3.63) is 57.3 Å². The second kappa shape index (κ2) is 9.03. The van der Waals surface area contributed by atoms with Crippen LogP contribution in [0.3, 0.4) is 0 Å². The van der Waals surface area contributed by atoms with E-state index < -0.39 is 0 Å². The molecule has 0 bridgehead atoms. The second-order valence-corrected chi connectivity index (χ2v) is 7.52. The molecule has 6 nitrogen and oxygen atoms in total. The summed E-state index contributed by atoms with van der Waals surface area (Å²) in [7, 11) is 1.54. The number of aromatic nitrogens is 2. The predicted molar refractivity (Wildman–Crippen MR) is 116 cm³/mol. The number of aryl methyl sites for hydroxylation is 1. The third-order valence-corrected chi connectivity index (χ3v) is 5.27. The van der Waals surface area contributed by atoms with Crippen LogP contribution >= 0.6 is 23.4 Å². The molecule has 3 aromatic rings. The fourth-order valence-electron chi connectivity index (χ4n) is 2.75. The van der Waals surface area contributed by atoms with Crippen LogP contribution in [0.5, 0.6) is 5.75 Å². The standard InChI is InChI=1S/C21H18ClN3O3S/c1-4-9-23-19(26)12-29-21-24-16-11-14(22)6-7-15(16)20(27)25(21)17-10-13(2)5-8-18(17)28-3/h1,5-8,10-11H,9,12H2,2-3H3,(H,23,26). The summed E-state index contributed by atoms with van der Waals surface area (Å²) in [6, 6.07) is 10.4. The topological polar surface area (TPSA) is 73.2 Å². The first-order valence-electron chi connectivity index (χ1n) is 8.65. The van der Waals surface area contributed by atoms with Crippen LogP contribution in [0.2, 0.25) is 5.02 Å². The average Bonchev–Trinajstić information content (AvgIpc) is 2.70. The summed E-state index contributed by atoms with van der Waals surface area (Å²) in [5.74, 6) is 2.67. The van der Waals surface area contributed by atoms with E-state index in [4.69, 9.17) is 22.8 Å². The van der Waals surface area contributed by atoms with Gasteiger partial charge in [0.2, 0.25) is 5.91 Å².